The number of nitrogens with zero attached hydrogens (tertiary/aromatic N) is 4. The Hall–Kier alpha value is -2.70. The van der Waals surface area contributed by atoms with Gasteiger partial charge in [0.2, 0.25) is 11.9 Å². The molecule has 0 aliphatic rings. The van der Waals surface area contributed by atoms with Crippen LogP contribution in [0, 0.1) is 5.82 Å². The van der Waals surface area contributed by atoms with Crippen LogP contribution in [0.3, 0.4) is 0 Å². The molecule has 3 rings (SSSR count). The fourth-order valence-corrected chi connectivity index (χ4v) is 2.39. The Bertz CT molecular complexity index is 827. The van der Waals surface area contributed by atoms with Crippen molar-refractivity contribution in [2.75, 3.05) is 17.2 Å². The van der Waals surface area contributed by atoms with Crippen LogP contribution >= 0.6 is 0 Å². The molecule has 0 aliphatic carbocycles. The minimum atomic E-state index is -0.325. The summed E-state index contributed by atoms with van der Waals surface area (Å²) in [4.78, 5) is 13.3. The first kappa shape index (κ1) is 15.2. The van der Waals surface area contributed by atoms with Crippen LogP contribution in [0.1, 0.15) is 26.8 Å². The maximum Gasteiger partial charge on any atom is 0.224 e. The van der Waals surface area contributed by atoms with Gasteiger partial charge in [-0.05, 0) is 32.9 Å². The van der Waals surface area contributed by atoms with Gasteiger partial charge in [0.1, 0.15) is 11.3 Å². The zero-order valence-electron chi connectivity index (χ0n) is 13.3. The van der Waals surface area contributed by atoms with E-state index in [-0.39, 0.29) is 11.9 Å². The number of halogens is 1. The van der Waals surface area contributed by atoms with E-state index in [1.54, 1.807) is 24.4 Å². The number of fused-ring (bicyclic) bond motifs is 1. The highest BCUT2D eigenvalue weighted by Crippen LogP contribution is 2.26. The Morgan fingerprint density at radius 3 is 2.70 bits per heavy atom. The van der Waals surface area contributed by atoms with Crippen LogP contribution in [0.4, 0.5) is 22.0 Å². The summed E-state index contributed by atoms with van der Waals surface area (Å²) in [5.74, 6) is 0.775. The first-order valence-electron chi connectivity index (χ1n) is 7.60. The van der Waals surface area contributed by atoms with Gasteiger partial charge in [-0.1, -0.05) is 12.1 Å². The third-order valence-corrected chi connectivity index (χ3v) is 3.40. The maximum atomic E-state index is 13.9. The zero-order valence-corrected chi connectivity index (χ0v) is 13.3. The van der Waals surface area contributed by atoms with Crippen molar-refractivity contribution in [1.29, 1.82) is 0 Å². The molecule has 0 unspecified atom stereocenters. The van der Waals surface area contributed by atoms with Gasteiger partial charge in [-0.25, -0.2) is 14.4 Å². The second-order valence-corrected chi connectivity index (χ2v) is 5.44. The lowest BCUT2D eigenvalue weighted by molar-refractivity contribution is 0.615. The minimum absolute atomic E-state index is 0.110. The van der Waals surface area contributed by atoms with E-state index in [1.807, 2.05) is 25.3 Å². The van der Waals surface area contributed by atoms with Crippen molar-refractivity contribution < 1.29 is 4.39 Å². The SMILES string of the molecule is CCNc1ncc2nc(Nc3ccccc3F)n(C(C)C)c2n1. The van der Waals surface area contributed by atoms with Crippen molar-refractivity contribution in [3.05, 3.63) is 36.3 Å². The van der Waals surface area contributed by atoms with E-state index in [9.17, 15) is 4.39 Å². The standard InChI is InChI=1S/C16H19FN6/c1-4-18-15-19-9-13-14(22-15)23(10(2)3)16(21-13)20-12-8-6-5-7-11(12)17/h5-10H,4H2,1-3H3,(H,20,21)(H,18,19,22). The van der Waals surface area contributed by atoms with E-state index in [2.05, 4.69) is 25.6 Å². The van der Waals surface area contributed by atoms with Crippen LogP contribution < -0.4 is 10.6 Å². The molecule has 120 valence electrons. The van der Waals surface area contributed by atoms with Crippen LogP contribution in [0.2, 0.25) is 0 Å². The van der Waals surface area contributed by atoms with Gasteiger partial charge in [0, 0.05) is 12.6 Å². The van der Waals surface area contributed by atoms with Gasteiger partial charge in [0.15, 0.2) is 5.65 Å². The molecule has 0 saturated heterocycles. The van der Waals surface area contributed by atoms with Crippen molar-refractivity contribution in [2.24, 2.45) is 0 Å². The van der Waals surface area contributed by atoms with Crippen molar-refractivity contribution in [1.82, 2.24) is 19.5 Å². The van der Waals surface area contributed by atoms with Gasteiger partial charge < -0.3 is 10.6 Å². The average Bonchev–Trinajstić information content (AvgIpc) is 2.87. The molecule has 2 aromatic heterocycles. The second-order valence-electron chi connectivity index (χ2n) is 5.44. The van der Waals surface area contributed by atoms with E-state index in [1.165, 1.54) is 6.07 Å². The van der Waals surface area contributed by atoms with Crippen LogP contribution in [0.15, 0.2) is 30.5 Å². The molecule has 0 atom stereocenters. The van der Waals surface area contributed by atoms with E-state index in [0.717, 1.165) is 6.54 Å². The van der Waals surface area contributed by atoms with Crippen LogP contribution in [-0.4, -0.2) is 26.1 Å². The summed E-state index contributed by atoms with van der Waals surface area (Å²) in [6.45, 7) is 6.78. The Morgan fingerprint density at radius 1 is 1.22 bits per heavy atom. The third-order valence-electron chi connectivity index (χ3n) is 3.40. The summed E-state index contributed by atoms with van der Waals surface area (Å²) in [6, 6.07) is 6.62. The van der Waals surface area contributed by atoms with Gasteiger partial charge in [-0.15, -0.1) is 0 Å². The molecule has 23 heavy (non-hydrogen) atoms. The van der Waals surface area contributed by atoms with Crippen LogP contribution in [-0.2, 0) is 0 Å². The lowest BCUT2D eigenvalue weighted by atomic mass is 10.3. The number of nitrogens with one attached hydrogen (secondary N) is 2. The third kappa shape index (κ3) is 2.94. The molecule has 0 bridgehead atoms. The highest BCUT2D eigenvalue weighted by molar-refractivity contribution is 5.76. The number of hydrogen-bond acceptors (Lipinski definition) is 5. The lowest BCUT2D eigenvalue weighted by Gasteiger charge is -2.14. The second kappa shape index (κ2) is 6.20. The Labute approximate surface area is 133 Å². The van der Waals surface area contributed by atoms with Gasteiger partial charge >= 0.3 is 0 Å². The molecule has 2 heterocycles. The van der Waals surface area contributed by atoms with Crippen molar-refractivity contribution in [3.8, 4) is 0 Å². The van der Waals surface area contributed by atoms with Gasteiger partial charge in [0.05, 0.1) is 11.9 Å². The molecule has 1 aromatic carbocycles. The van der Waals surface area contributed by atoms with Gasteiger partial charge in [-0.2, -0.15) is 4.98 Å². The first-order chi connectivity index (χ1) is 11.1. The van der Waals surface area contributed by atoms with Crippen LogP contribution in [0.5, 0.6) is 0 Å². The molecule has 0 amide bonds. The molecule has 2 N–H and O–H groups in total. The average molecular weight is 314 g/mol. The monoisotopic (exact) mass is 314 g/mol. The molecule has 0 saturated carbocycles. The lowest BCUT2D eigenvalue weighted by Crippen LogP contribution is -2.08. The molecular formula is C16H19FN6. The van der Waals surface area contributed by atoms with E-state index >= 15 is 0 Å². The van der Waals surface area contributed by atoms with Gasteiger partial charge in [0.25, 0.3) is 0 Å². The molecule has 3 aromatic rings. The smallest absolute Gasteiger partial charge is 0.224 e. The highest BCUT2D eigenvalue weighted by atomic mass is 19.1. The molecular weight excluding hydrogens is 295 g/mol. The van der Waals surface area contributed by atoms with Gasteiger partial charge in [-0.3, -0.25) is 4.57 Å². The normalized spacial score (nSPS) is 11.2. The summed E-state index contributed by atoms with van der Waals surface area (Å²) < 4.78 is 15.8. The Balaban J connectivity index is 2.09. The summed E-state index contributed by atoms with van der Waals surface area (Å²) in [5.41, 5.74) is 1.76. The fourth-order valence-electron chi connectivity index (χ4n) is 2.39. The Morgan fingerprint density at radius 2 is 2.00 bits per heavy atom. The summed E-state index contributed by atoms with van der Waals surface area (Å²) in [7, 11) is 0. The maximum absolute atomic E-state index is 13.9. The molecule has 0 aliphatic heterocycles. The number of hydrogen-bond donors (Lipinski definition) is 2. The Kier molecular flexibility index (Phi) is 4.10. The van der Waals surface area contributed by atoms with Crippen molar-refractivity contribution in [3.63, 3.8) is 0 Å². The van der Waals surface area contributed by atoms with Crippen molar-refractivity contribution >= 4 is 28.7 Å². The molecule has 0 spiro atoms. The van der Waals surface area contributed by atoms with Crippen LogP contribution in [0.25, 0.3) is 11.2 Å². The largest absolute Gasteiger partial charge is 0.354 e. The zero-order chi connectivity index (χ0) is 16.4. The topological polar surface area (TPSA) is 67.7 Å². The molecule has 0 fully saturated rings. The summed E-state index contributed by atoms with van der Waals surface area (Å²) in [6.07, 6.45) is 1.67. The first-order valence-corrected chi connectivity index (χ1v) is 7.60. The van der Waals surface area contributed by atoms with Crippen molar-refractivity contribution in [2.45, 2.75) is 26.8 Å². The minimum Gasteiger partial charge on any atom is -0.354 e. The number of rotatable bonds is 5. The number of aromatic nitrogens is 4. The molecule has 0 radical (unpaired) electrons. The fraction of sp³-hybridized carbons (Fsp3) is 0.312. The quantitative estimate of drug-likeness (QED) is 0.751. The van der Waals surface area contributed by atoms with E-state index < -0.39 is 0 Å². The number of para-hydroxylation sites is 1. The number of imidazole rings is 1. The predicted molar refractivity (Wildman–Crippen MR) is 89.6 cm³/mol. The predicted octanol–water partition coefficient (Wildman–Crippen LogP) is 3.72. The summed E-state index contributed by atoms with van der Waals surface area (Å²) in [5, 5.41) is 6.14. The highest BCUT2D eigenvalue weighted by Gasteiger charge is 2.16. The molecule has 7 heteroatoms. The van der Waals surface area contributed by atoms with E-state index in [4.69, 9.17) is 0 Å². The molecule has 6 nitrogen and oxygen atoms in total. The summed E-state index contributed by atoms with van der Waals surface area (Å²) >= 11 is 0. The van der Waals surface area contributed by atoms with E-state index in [0.29, 0.717) is 28.7 Å². The number of benzene rings is 1. The number of anilines is 3.